The number of nitrogens with zero attached hydrogens (tertiary/aromatic N) is 3. The molecule has 43 heavy (non-hydrogen) atoms. The van der Waals surface area contributed by atoms with Gasteiger partial charge in [-0.2, -0.15) is 5.10 Å². The van der Waals surface area contributed by atoms with Crippen molar-refractivity contribution in [2.75, 3.05) is 48.9 Å². The average molecular weight is 670 g/mol. The number of hydrogen-bond acceptors (Lipinski definition) is 11. The van der Waals surface area contributed by atoms with Crippen LogP contribution >= 0.6 is 22.3 Å². The second kappa shape index (κ2) is 16.6. The normalized spacial score (nSPS) is 13.7. The van der Waals surface area contributed by atoms with Gasteiger partial charge in [-0.25, -0.2) is 4.78 Å². The summed E-state index contributed by atoms with van der Waals surface area (Å²) in [6, 6.07) is 23.9. The zero-order chi connectivity index (χ0) is 31.5. The lowest BCUT2D eigenvalue weighted by molar-refractivity contribution is 0.182. The van der Waals surface area contributed by atoms with Crippen LogP contribution in [-0.4, -0.2) is 64.8 Å². The fourth-order valence-corrected chi connectivity index (χ4v) is 8.00. The first kappa shape index (κ1) is 35.1. The molecule has 3 aromatic carbocycles. The Morgan fingerprint density at radius 3 is 1.95 bits per heavy atom. The lowest BCUT2D eigenvalue weighted by Gasteiger charge is -2.36. The Labute approximate surface area is 259 Å². The Morgan fingerprint density at radius 1 is 0.837 bits per heavy atom. The van der Waals surface area contributed by atoms with Crippen LogP contribution in [0.5, 0.6) is 11.5 Å². The maximum Gasteiger partial charge on any atom is 0.351 e. The minimum Gasteiger partial charge on any atom is -0.497 e. The van der Waals surface area contributed by atoms with Crippen molar-refractivity contribution in [1.29, 1.82) is 0 Å². The van der Waals surface area contributed by atoms with Crippen molar-refractivity contribution in [3.8, 4) is 11.5 Å². The molecule has 11 nitrogen and oxygen atoms in total. The van der Waals surface area contributed by atoms with Crippen molar-refractivity contribution >= 4 is 40.3 Å². The molecular formula is C28H38N3O8P3S. The molecule has 0 N–H and O–H groups in total. The maximum absolute atomic E-state index is 14.0. The SMILES string of the molecule is COc1ccc(/C=N/N(C)[PH](=S)Oc2ccc(C(N(Cc3ccccc3)CP(=O)(OC)OC)P(=O)(OC)OC)cc2)cc1. The molecule has 0 aliphatic heterocycles. The minimum atomic E-state index is -3.81. The molecule has 0 aromatic heterocycles. The van der Waals surface area contributed by atoms with E-state index in [1.165, 1.54) is 28.4 Å². The van der Waals surface area contributed by atoms with Gasteiger partial charge in [-0.3, -0.25) is 14.0 Å². The first-order valence-electron chi connectivity index (χ1n) is 13.0. The molecule has 0 fully saturated rings. The van der Waals surface area contributed by atoms with E-state index in [4.69, 9.17) is 39.2 Å². The quantitative estimate of drug-likeness (QED) is 0.0844. The van der Waals surface area contributed by atoms with Crippen LogP contribution in [0.1, 0.15) is 22.5 Å². The second-order valence-electron chi connectivity index (χ2n) is 9.11. The van der Waals surface area contributed by atoms with Crippen molar-refractivity contribution in [3.05, 3.63) is 95.6 Å². The molecule has 0 heterocycles. The van der Waals surface area contributed by atoms with Gasteiger partial charge >= 0.3 is 15.2 Å². The van der Waals surface area contributed by atoms with Crippen molar-refractivity contribution in [2.45, 2.75) is 12.3 Å². The molecule has 2 atom stereocenters. The van der Waals surface area contributed by atoms with E-state index in [0.717, 1.165) is 16.9 Å². The number of hydrazone groups is 1. The van der Waals surface area contributed by atoms with E-state index in [-0.39, 0.29) is 12.8 Å². The zero-order valence-corrected chi connectivity index (χ0v) is 28.6. The molecule has 15 heteroatoms. The van der Waals surface area contributed by atoms with Gasteiger partial charge in [0.2, 0.25) is 7.07 Å². The summed E-state index contributed by atoms with van der Waals surface area (Å²) in [6.45, 7) is 0.257. The second-order valence-corrected chi connectivity index (χ2v) is 16.1. The summed E-state index contributed by atoms with van der Waals surface area (Å²) in [4.78, 5) is 1.72. The molecule has 0 spiro atoms. The number of methoxy groups -OCH3 is 1. The molecule has 0 saturated heterocycles. The van der Waals surface area contributed by atoms with Gasteiger partial charge in [0.25, 0.3) is 0 Å². The molecule has 0 aliphatic carbocycles. The third-order valence-electron chi connectivity index (χ3n) is 6.44. The first-order chi connectivity index (χ1) is 20.6. The largest absolute Gasteiger partial charge is 0.497 e. The summed E-state index contributed by atoms with van der Waals surface area (Å²) in [6.07, 6.45) is 1.52. The predicted octanol–water partition coefficient (Wildman–Crippen LogP) is 6.98. The zero-order valence-electron chi connectivity index (χ0n) is 25.0. The third-order valence-corrected chi connectivity index (χ3v) is 12.6. The molecule has 3 aromatic rings. The maximum atomic E-state index is 14.0. The minimum absolute atomic E-state index is 0.176. The Hall–Kier alpha value is -2.36. The summed E-state index contributed by atoms with van der Waals surface area (Å²) in [5.74, 6) is 0.312. The molecular weight excluding hydrogens is 631 g/mol. The Bertz CT molecular complexity index is 1430. The van der Waals surface area contributed by atoms with Gasteiger partial charge in [0, 0.05) is 42.0 Å². The van der Waals surface area contributed by atoms with E-state index in [2.05, 4.69) is 5.10 Å². The van der Waals surface area contributed by atoms with Crippen LogP contribution < -0.4 is 9.26 Å². The van der Waals surface area contributed by atoms with Crippen molar-refractivity contribution in [1.82, 2.24) is 9.68 Å². The van der Waals surface area contributed by atoms with E-state index in [0.29, 0.717) is 11.3 Å². The van der Waals surface area contributed by atoms with Gasteiger partial charge in [0.05, 0.1) is 13.3 Å². The molecule has 0 saturated carbocycles. The highest BCUT2D eigenvalue weighted by molar-refractivity contribution is 8.02. The summed E-state index contributed by atoms with van der Waals surface area (Å²) in [5, 5.41) is 4.42. The monoisotopic (exact) mass is 669 g/mol. The summed E-state index contributed by atoms with van der Waals surface area (Å²) < 4.78 is 61.5. The van der Waals surface area contributed by atoms with Gasteiger partial charge in [0.15, 0.2) is 0 Å². The lowest BCUT2D eigenvalue weighted by atomic mass is 10.1. The van der Waals surface area contributed by atoms with E-state index in [1.807, 2.05) is 54.6 Å². The number of hydrogen-bond donors (Lipinski definition) is 0. The molecule has 234 valence electrons. The van der Waals surface area contributed by atoms with Crippen LogP contribution in [0.15, 0.2) is 84.0 Å². The highest BCUT2D eigenvalue weighted by Gasteiger charge is 2.43. The van der Waals surface area contributed by atoms with Crippen molar-refractivity contribution < 1.29 is 36.5 Å². The average Bonchev–Trinajstić information content (AvgIpc) is 3.04. The van der Waals surface area contributed by atoms with Gasteiger partial charge in [-0.15, -0.1) is 0 Å². The summed E-state index contributed by atoms with van der Waals surface area (Å²) >= 11 is 5.60. The number of benzene rings is 3. The standard InChI is InChI=1S/C28H38N3O8P3S/c1-30(29-20-23-12-16-26(34-2)17-13-23)40(43)39-27-18-14-25(15-19-27)28(42(33,37-5)38-6)31(22-41(32,35-3)36-4)21-24-10-8-7-9-11-24/h7-20,28,40H,21-22H2,1-6H3/b29-20+. The van der Waals surface area contributed by atoms with Gasteiger partial charge in [-0.1, -0.05) is 42.5 Å². The highest BCUT2D eigenvalue weighted by atomic mass is 32.4. The summed E-state index contributed by atoms with van der Waals surface area (Å²) in [7, 11) is -0.720. The van der Waals surface area contributed by atoms with Gasteiger partial charge in [0.1, 0.15) is 23.6 Å². The Balaban J connectivity index is 1.87. The number of rotatable bonds is 17. The summed E-state index contributed by atoms with van der Waals surface area (Å²) in [5.41, 5.74) is 2.36. The molecule has 3 rings (SSSR count). The number of ether oxygens (including phenoxy) is 1. The smallest absolute Gasteiger partial charge is 0.351 e. The van der Waals surface area contributed by atoms with Crippen molar-refractivity contribution in [3.63, 3.8) is 0 Å². The van der Waals surface area contributed by atoms with E-state index in [9.17, 15) is 9.13 Å². The topological polar surface area (TPSA) is 108 Å². The molecule has 0 radical (unpaired) electrons. The van der Waals surface area contributed by atoms with Crippen LogP contribution in [0.2, 0.25) is 0 Å². The molecule has 0 amide bonds. The van der Waals surface area contributed by atoms with Crippen LogP contribution in [0.25, 0.3) is 0 Å². The lowest BCUT2D eigenvalue weighted by Crippen LogP contribution is -2.31. The van der Waals surface area contributed by atoms with Gasteiger partial charge in [-0.05, 0) is 64.9 Å². The first-order valence-corrected chi connectivity index (χ1v) is 18.9. The van der Waals surface area contributed by atoms with Crippen LogP contribution in [-0.2, 0) is 45.6 Å². The Morgan fingerprint density at radius 2 is 1.42 bits per heavy atom. The van der Waals surface area contributed by atoms with Gasteiger partial charge < -0.3 is 27.4 Å². The Kier molecular flexibility index (Phi) is 13.6. The van der Waals surface area contributed by atoms with Crippen LogP contribution in [0.4, 0.5) is 0 Å². The molecule has 0 aliphatic rings. The molecule has 0 bridgehead atoms. The van der Waals surface area contributed by atoms with E-state index < -0.39 is 28.0 Å². The predicted molar refractivity (Wildman–Crippen MR) is 174 cm³/mol. The van der Waals surface area contributed by atoms with Crippen LogP contribution in [0, 0.1) is 0 Å². The fourth-order valence-electron chi connectivity index (χ4n) is 4.08. The van der Waals surface area contributed by atoms with E-state index >= 15 is 0 Å². The highest BCUT2D eigenvalue weighted by Crippen LogP contribution is 2.63. The van der Waals surface area contributed by atoms with E-state index in [1.54, 1.807) is 54.3 Å². The third kappa shape index (κ3) is 9.82. The van der Waals surface area contributed by atoms with Crippen molar-refractivity contribution in [2.24, 2.45) is 5.10 Å². The fraction of sp³-hybridized carbons (Fsp3) is 0.321. The molecule has 2 unspecified atom stereocenters. The van der Waals surface area contributed by atoms with Crippen LogP contribution in [0.3, 0.4) is 0 Å².